The zero-order valence-corrected chi connectivity index (χ0v) is 12.5. The molecule has 0 unspecified atom stereocenters. The quantitative estimate of drug-likeness (QED) is 0.921. The first-order valence-electron chi connectivity index (χ1n) is 6.46. The molecule has 1 saturated heterocycles. The Morgan fingerprint density at radius 2 is 2.16 bits per heavy atom. The zero-order chi connectivity index (χ0) is 14.3. The molecule has 1 aromatic heterocycles. The van der Waals surface area contributed by atoms with Gasteiger partial charge in [0.2, 0.25) is 10.0 Å². The summed E-state index contributed by atoms with van der Waals surface area (Å²) < 4.78 is 32.0. The predicted molar refractivity (Wildman–Crippen MR) is 71.1 cm³/mol. The van der Waals surface area contributed by atoms with Crippen LogP contribution < -0.4 is 0 Å². The van der Waals surface area contributed by atoms with E-state index < -0.39 is 10.0 Å². The van der Waals surface area contributed by atoms with Crippen molar-refractivity contribution in [2.75, 3.05) is 13.1 Å². The van der Waals surface area contributed by atoms with Crippen LogP contribution in [-0.4, -0.2) is 30.9 Å². The molecule has 0 radical (unpaired) electrons. The maximum atomic E-state index is 12.6. The van der Waals surface area contributed by atoms with E-state index >= 15 is 0 Å². The lowest BCUT2D eigenvalue weighted by Gasteiger charge is -2.37. The molecule has 1 aliphatic rings. The third-order valence-electron chi connectivity index (χ3n) is 3.56. The molecule has 0 atom stereocenters. The van der Waals surface area contributed by atoms with E-state index in [4.69, 9.17) is 9.52 Å². The average Bonchev–Trinajstić information content (AvgIpc) is 2.70. The van der Waals surface area contributed by atoms with E-state index in [1.807, 2.05) is 0 Å². The second-order valence-corrected chi connectivity index (χ2v) is 7.80. The van der Waals surface area contributed by atoms with Crippen molar-refractivity contribution in [1.29, 1.82) is 0 Å². The minimum atomic E-state index is -3.52. The summed E-state index contributed by atoms with van der Waals surface area (Å²) in [5.41, 5.74) is 0.00275. The molecule has 0 aromatic carbocycles. The molecule has 1 fully saturated rings. The van der Waals surface area contributed by atoms with Gasteiger partial charge in [0, 0.05) is 19.2 Å². The number of aliphatic hydroxyl groups excluding tert-OH is 1. The van der Waals surface area contributed by atoms with Crippen molar-refractivity contribution in [2.45, 2.75) is 45.1 Å². The van der Waals surface area contributed by atoms with E-state index in [1.165, 1.54) is 10.4 Å². The lowest BCUT2D eigenvalue weighted by Crippen LogP contribution is -2.43. The van der Waals surface area contributed by atoms with E-state index in [-0.39, 0.29) is 22.7 Å². The molecule has 0 saturated carbocycles. The van der Waals surface area contributed by atoms with E-state index in [0.29, 0.717) is 18.8 Å². The SMILES string of the molecule is Cc1oc(CO)cc1S(=O)(=O)N1CCCC(C)(C)C1. The lowest BCUT2D eigenvalue weighted by molar-refractivity contribution is 0.187. The molecule has 0 spiro atoms. The summed E-state index contributed by atoms with van der Waals surface area (Å²) in [7, 11) is -3.52. The van der Waals surface area contributed by atoms with Crippen molar-refractivity contribution < 1.29 is 17.9 Å². The summed E-state index contributed by atoms with van der Waals surface area (Å²) >= 11 is 0. The summed E-state index contributed by atoms with van der Waals surface area (Å²) in [5, 5.41) is 9.03. The van der Waals surface area contributed by atoms with Crippen LogP contribution in [0.2, 0.25) is 0 Å². The fourth-order valence-corrected chi connectivity index (χ4v) is 4.42. The van der Waals surface area contributed by atoms with Crippen LogP contribution in [0.1, 0.15) is 38.2 Å². The molecule has 2 rings (SSSR count). The lowest BCUT2D eigenvalue weighted by atomic mass is 9.85. The molecule has 6 heteroatoms. The van der Waals surface area contributed by atoms with Crippen LogP contribution in [0, 0.1) is 12.3 Å². The van der Waals surface area contributed by atoms with Crippen LogP contribution >= 0.6 is 0 Å². The van der Waals surface area contributed by atoms with Gasteiger partial charge in [-0.05, 0) is 25.2 Å². The minimum absolute atomic E-state index is 0.00275. The highest BCUT2D eigenvalue weighted by Crippen LogP contribution is 2.33. The highest BCUT2D eigenvalue weighted by molar-refractivity contribution is 7.89. The van der Waals surface area contributed by atoms with E-state index in [1.54, 1.807) is 6.92 Å². The Balaban J connectivity index is 2.34. The van der Waals surface area contributed by atoms with Gasteiger partial charge in [0.1, 0.15) is 23.0 Å². The van der Waals surface area contributed by atoms with Gasteiger partial charge >= 0.3 is 0 Å². The summed E-state index contributed by atoms with van der Waals surface area (Å²) in [6.07, 6.45) is 1.90. The van der Waals surface area contributed by atoms with Crippen molar-refractivity contribution >= 4 is 10.0 Å². The van der Waals surface area contributed by atoms with Gasteiger partial charge in [-0.3, -0.25) is 0 Å². The molecule has 0 aliphatic carbocycles. The molecule has 1 aromatic rings. The summed E-state index contributed by atoms with van der Waals surface area (Å²) in [4.78, 5) is 0.175. The van der Waals surface area contributed by atoms with Crippen molar-refractivity contribution in [3.63, 3.8) is 0 Å². The smallest absolute Gasteiger partial charge is 0.246 e. The van der Waals surface area contributed by atoms with Crippen molar-refractivity contribution in [1.82, 2.24) is 4.31 Å². The van der Waals surface area contributed by atoms with Gasteiger partial charge in [-0.25, -0.2) is 8.42 Å². The van der Waals surface area contributed by atoms with E-state index in [9.17, 15) is 8.42 Å². The van der Waals surface area contributed by atoms with E-state index in [2.05, 4.69) is 13.8 Å². The Labute approximate surface area is 114 Å². The van der Waals surface area contributed by atoms with Crippen molar-refractivity contribution in [2.24, 2.45) is 5.41 Å². The van der Waals surface area contributed by atoms with Crippen molar-refractivity contribution in [3.05, 3.63) is 17.6 Å². The normalized spacial score (nSPS) is 20.6. The third kappa shape index (κ3) is 2.85. The largest absolute Gasteiger partial charge is 0.462 e. The number of piperidine rings is 1. The highest BCUT2D eigenvalue weighted by atomic mass is 32.2. The Morgan fingerprint density at radius 1 is 1.47 bits per heavy atom. The van der Waals surface area contributed by atoms with Gasteiger partial charge in [-0.15, -0.1) is 0 Å². The van der Waals surface area contributed by atoms with Gasteiger partial charge in [-0.1, -0.05) is 13.8 Å². The molecular formula is C13H21NO4S. The van der Waals surface area contributed by atoms with Gasteiger partial charge < -0.3 is 9.52 Å². The number of hydrogen-bond acceptors (Lipinski definition) is 4. The minimum Gasteiger partial charge on any atom is -0.462 e. The Hall–Kier alpha value is -0.850. The number of nitrogens with zero attached hydrogens (tertiary/aromatic N) is 1. The highest BCUT2D eigenvalue weighted by Gasteiger charge is 2.35. The number of sulfonamides is 1. The topological polar surface area (TPSA) is 70.8 Å². The fraction of sp³-hybridized carbons (Fsp3) is 0.692. The Morgan fingerprint density at radius 3 is 2.68 bits per heavy atom. The van der Waals surface area contributed by atoms with Crippen molar-refractivity contribution in [3.8, 4) is 0 Å². The first-order chi connectivity index (χ1) is 8.76. The maximum Gasteiger partial charge on any atom is 0.246 e. The molecule has 2 heterocycles. The van der Waals surface area contributed by atoms with Crippen LogP contribution in [0.25, 0.3) is 0 Å². The van der Waals surface area contributed by atoms with Gasteiger partial charge in [0.15, 0.2) is 0 Å². The monoisotopic (exact) mass is 287 g/mol. The number of furan rings is 1. The molecule has 1 N–H and O–H groups in total. The van der Waals surface area contributed by atoms with Crippen LogP contribution in [-0.2, 0) is 16.6 Å². The van der Waals surface area contributed by atoms with Gasteiger partial charge in [0.25, 0.3) is 0 Å². The van der Waals surface area contributed by atoms with Crippen LogP contribution in [0.3, 0.4) is 0 Å². The molecule has 1 aliphatic heterocycles. The third-order valence-corrected chi connectivity index (χ3v) is 5.52. The summed E-state index contributed by atoms with van der Waals surface area (Å²) in [5.74, 6) is 0.625. The first kappa shape index (κ1) is 14.6. The molecule has 108 valence electrons. The number of hydrogen-bond donors (Lipinski definition) is 1. The van der Waals surface area contributed by atoms with Crippen LogP contribution in [0.4, 0.5) is 0 Å². The zero-order valence-electron chi connectivity index (χ0n) is 11.6. The molecule has 0 bridgehead atoms. The van der Waals surface area contributed by atoms with E-state index in [0.717, 1.165) is 12.8 Å². The Kier molecular flexibility index (Phi) is 3.77. The van der Waals surface area contributed by atoms with Crippen LogP contribution in [0.5, 0.6) is 0 Å². The maximum absolute atomic E-state index is 12.6. The average molecular weight is 287 g/mol. The summed E-state index contributed by atoms with van der Waals surface area (Å²) in [6.45, 7) is 6.55. The van der Waals surface area contributed by atoms with Gasteiger partial charge in [-0.2, -0.15) is 4.31 Å². The Bertz CT molecular complexity index is 559. The molecule has 19 heavy (non-hydrogen) atoms. The predicted octanol–water partition coefficient (Wildman–Crippen LogP) is 1.89. The number of rotatable bonds is 3. The molecule has 5 nitrogen and oxygen atoms in total. The second kappa shape index (κ2) is 4.92. The first-order valence-corrected chi connectivity index (χ1v) is 7.91. The standard InChI is InChI=1S/C13H21NO4S/c1-10-12(7-11(8-15)18-10)19(16,17)14-6-4-5-13(2,3)9-14/h7,15H,4-6,8-9H2,1-3H3. The van der Waals surface area contributed by atoms with Crippen LogP contribution in [0.15, 0.2) is 15.4 Å². The molecular weight excluding hydrogens is 266 g/mol. The fourth-order valence-electron chi connectivity index (χ4n) is 2.57. The van der Waals surface area contributed by atoms with Gasteiger partial charge in [0.05, 0.1) is 0 Å². The second-order valence-electron chi connectivity index (χ2n) is 5.90. The number of aryl methyl sites for hydroxylation is 1. The number of aliphatic hydroxyl groups is 1. The summed E-state index contributed by atoms with van der Waals surface area (Å²) in [6, 6.07) is 1.42. The molecule has 0 amide bonds.